The monoisotopic (exact) mass is 400 g/mol. The predicted octanol–water partition coefficient (Wildman–Crippen LogP) is 3.87. The molecule has 150 valence electrons. The lowest BCUT2D eigenvalue weighted by Crippen LogP contribution is -2.32. The number of ether oxygens (including phenoxy) is 1. The fourth-order valence-electron chi connectivity index (χ4n) is 3.86. The van der Waals surface area contributed by atoms with Crippen molar-refractivity contribution in [1.82, 2.24) is 4.72 Å². The SMILES string of the molecule is CC1(C)CCc2cc(S(=O)(=O)NCc3ccc(N4CCCC4)cc3)ccc2O1. The molecule has 28 heavy (non-hydrogen) atoms. The number of hydrogen-bond donors (Lipinski definition) is 1. The van der Waals surface area contributed by atoms with Gasteiger partial charge in [0.1, 0.15) is 11.4 Å². The van der Waals surface area contributed by atoms with Gasteiger partial charge in [-0.15, -0.1) is 0 Å². The second-order valence-corrected chi connectivity index (χ2v) is 10.1. The number of benzene rings is 2. The number of anilines is 1. The third-order valence-corrected chi connectivity index (χ3v) is 7.00. The van der Waals surface area contributed by atoms with E-state index >= 15 is 0 Å². The molecule has 1 saturated heterocycles. The molecule has 0 amide bonds. The third kappa shape index (κ3) is 4.18. The normalized spacial score (nSPS) is 18.6. The van der Waals surface area contributed by atoms with Crippen molar-refractivity contribution in [3.63, 3.8) is 0 Å². The van der Waals surface area contributed by atoms with Crippen LogP contribution in [-0.4, -0.2) is 27.1 Å². The third-order valence-electron chi connectivity index (χ3n) is 5.60. The van der Waals surface area contributed by atoms with Crippen LogP contribution < -0.4 is 14.4 Å². The van der Waals surface area contributed by atoms with E-state index in [1.165, 1.54) is 18.5 Å². The highest BCUT2D eigenvalue weighted by atomic mass is 32.2. The standard InChI is InChI=1S/C22H28N2O3S/c1-22(2)12-11-18-15-20(9-10-21(18)27-22)28(25,26)23-16-17-5-7-19(8-6-17)24-13-3-4-14-24/h5-10,15,23H,3-4,11-14,16H2,1-2H3. The fraction of sp³-hybridized carbons (Fsp3) is 0.455. The van der Waals surface area contributed by atoms with Crippen molar-refractivity contribution in [3.05, 3.63) is 53.6 Å². The van der Waals surface area contributed by atoms with Crippen molar-refractivity contribution < 1.29 is 13.2 Å². The number of hydrogen-bond acceptors (Lipinski definition) is 4. The summed E-state index contributed by atoms with van der Waals surface area (Å²) in [6, 6.07) is 13.3. The Bertz CT molecular complexity index is 946. The lowest BCUT2D eigenvalue weighted by Gasteiger charge is -2.32. The minimum Gasteiger partial charge on any atom is -0.488 e. The summed E-state index contributed by atoms with van der Waals surface area (Å²) in [7, 11) is -3.56. The summed E-state index contributed by atoms with van der Waals surface area (Å²) < 4.78 is 34.1. The van der Waals surface area contributed by atoms with E-state index in [4.69, 9.17) is 4.74 Å². The summed E-state index contributed by atoms with van der Waals surface area (Å²) in [6.45, 7) is 6.59. The van der Waals surface area contributed by atoms with E-state index in [1.54, 1.807) is 18.2 Å². The summed E-state index contributed by atoms with van der Waals surface area (Å²) in [5.74, 6) is 0.785. The van der Waals surface area contributed by atoms with Gasteiger partial charge in [-0.3, -0.25) is 0 Å². The Morgan fingerprint density at radius 1 is 1.07 bits per heavy atom. The second kappa shape index (κ2) is 7.41. The highest BCUT2D eigenvalue weighted by molar-refractivity contribution is 7.89. The topological polar surface area (TPSA) is 58.6 Å². The predicted molar refractivity (Wildman–Crippen MR) is 111 cm³/mol. The second-order valence-electron chi connectivity index (χ2n) is 8.32. The smallest absolute Gasteiger partial charge is 0.240 e. The fourth-order valence-corrected chi connectivity index (χ4v) is 4.93. The van der Waals surface area contributed by atoms with Crippen LogP contribution in [0.4, 0.5) is 5.69 Å². The average molecular weight is 401 g/mol. The molecule has 6 heteroatoms. The molecule has 2 heterocycles. The van der Waals surface area contributed by atoms with Crippen LogP contribution in [0.5, 0.6) is 5.75 Å². The van der Waals surface area contributed by atoms with Crippen molar-refractivity contribution in [2.45, 2.75) is 56.6 Å². The maximum absolute atomic E-state index is 12.7. The summed E-state index contributed by atoms with van der Waals surface area (Å²) in [5.41, 5.74) is 2.92. The molecule has 2 aromatic carbocycles. The van der Waals surface area contributed by atoms with Crippen LogP contribution in [0.1, 0.15) is 44.2 Å². The Kier molecular flexibility index (Phi) is 5.10. The van der Waals surface area contributed by atoms with Gasteiger partial charge in [0, 0.05) is 25.3 Å². The number of aryl methyl sites for hydroxylation is 1. The molecule has 2 aliphatic rings. The number of rotatable bonds is 5. The molecule has 2 aromatic rings. The molecule has 1 N–H and O–H groups in total. The number of sulfonamides is 1. The van der Waals surface area contributed by atoms with E-state index in [2.05, 4.69) is 35.6 Å². The Hall–Kier alpha value is -2.05. The maximum atomic E-state index is 12.7. The molecular weight excluding hydrogens is 372 g/mol. The Morgan fingerprint density at radius 3 is 2.50 bits per heavy atom. The molecule has 5 nitrogen and oxygen atoms in total. The van der Waals surface area contributed by atoms with Crippen LogP contribution in [0.25, 0.3) is 0 Å². The number of nitrogens with zero attached hydrogens (tertiary/aromatic N) is 1. The Balaban J connectivity index is 1.43. The van der Waals surface area contributed by atoms with E-state index in [0.717, 1.165) is 42.8 Å². The lowest BCUT2D eigenvalue weighted by molar-refractivity contribution is 0.0845. The molecule has 0 saturated carbocycles. The quantitative estimate of drug-likeness (QED) is 0.828. The molecule has 4 rings (SSSR count). The van der Waals surface area contributed by atoms with E-state index < -0.39 is 10.0 Å². The molecule has 0 unspecified atom stereocenters. The van der Waals surface area contributed by atoms with Crippen molar-refractivity contribution >= 4 is 15.7 Å². The molecule has 0 spiro atoms. The van der Waals surface area contributed by atoms with Crippen molar-refractivity contribution in [3.8, 4) is 5.75 Å². The molecule has 1 fully saturated rings. The summed E-state index contributed by atoms with van der Waals surface area (Å²) in [6.07, 6.45) is 4.18. The highest BCUT2D eigenvalue weighted by Crippen LogP contribution is 2.34. The van der Waals surface area contributed by atoms with E-state index in [9.17, 15) is 8.42 Å². The highest BCUT2D eigenvalue weighted by Gasteiger charge is 2.27. The maximum Gasteiger partial charge on any atom is 0.240 e. The molecule has 0 radical (unpaired) electrons. The van der Waals surface area contributed by atoms with Gasteiger partial charge in [0.25, 0.3) is 0 Å². The van der Waals surface area contributed by atoms with Crippen molar-refractivity contribution in [1.29, 1.82) is 0 Å². The van der Waals surface area contributed by atoms with Gasteiger partial charge in [-0.25, -0.2) is 13.1 Å². The first kappa shape index (κ1) is 19.3. The van der Waals surface area contributed by atoms with Crippen LogP contribution in [0.2, 0.25) is 0 Å². The first-order chi connectivity index (χ1) is 13.3. The Morgan fingerprint density at radius 2 is 1.79 bits per heavy atom. The number of fused-ring (bicyclic) bond motifs is 1. The average Bonchev–Trinajstić information content (AvgIpc) is 3.20. The zero-order chi connectivity index (χ0) is 19.8. The van der Waals surface area contributed by atoms with Gasteiger partial charge in [-0.05, 0) is 81.0 Å². The largest absolute Gasteiger partial charge is 0.488 e. The minimum absolute atomic E-state index is 0.202. The van der Waals surface area contributed by atoms with E-state index in [-0.39, 0.29) is 12.1 Å². The van der Waals surface area contributed by atoms with Gasteiger partial charge in [0.05, 0.1) is 4.90 Å². The molecule has 2 aliphatic heterocycles. The van der Waals surface area contributed by atoms with Gasteiger partial charge in [-0.2, -0.15) is 0 Å². The van der Waals surface area contributed by atoms with Crippen LogP contribution in [0.3, 0.4) is 0 Å². The van der Waals surface area contributed by atoms with Gasteiger partial charge in [-0.1, -0.05) is 12.1 Å². The van der Waals surface area contributed by atoms with Crippen LogP contribution in [0.15, 0.2) is 47.4 Å². The first-order valence-corrected chi connectivity index (χ1v) is 11.5. The van der Waals surface area contributed by atoms with Gasteiger partial charge < -0.3 is 9.64 Å². The molecule has 0 aliphatic carbocycles. The van der Waals surface area contributed by atoms with Gasteiger partial charge >= 0.3 is 0 Å². The number of nitrogens with one attached hydrogen (secondary N) is 1. The lowest BCUT2D eigenvalue weighted by atomic mass is 9.94. The van der Waals surface area contributed by atoms with Crippen LogP contribution >= 0.6 is 0 Å². The zero-order valence-corrected chi connectivity index (χ0v) is 17.4. The minimum atomic E-state index is -3.56. The van der Waals surface area contributed by atoms with Gasteiger partial charge in [0.15, 0.2) is 0 Å². The Labute approximate surface area is 167 Å². The van der Waals surface area contributed by atoms with E-state index in [0.29, 0.717) is 4.90 Å². The van der Waals surface area contributed by atoms with Crippen LogP contribution in [-0.2, 0) is 23.0 Å². The first-order valence-electron chi connectivity index (χ1n) is 9.98. The summed E-state index contributed by atoms with van der Waals surface area (Å²) in [4.78, 5) is 2.66. The van der Waals surface area contributed by atoms with Crippen molar-refractivity contribution in [2.75, 3.05) is 18.0 Å². The summed E-state index contributed by atoms with van der Waals surface area (Å²) in [5, 5.41) is 0. The molecule has 0 aromatic heterocycles. The molecular formula is C22H28N2O3S. The zero-order valence-electron chi connectivity index (χ0n) is 16.6. The molecule has 0 bridgehead atoms. The van der Waals surface area contributed by atoms with Crippen molar-refractivity contribution in [2.24, 2.45) is 0 Å². The molecule has 0 atom stereocenters. The van der Waals surface area contributed by atoms with E-state index in [1.807, 2.05) is 12.1 Å². The van der Waals surface area contributed by atoms with Gasteiger partial charge in [0.2, 0.25) is 10.0 Å². The summed E-state index contributed by atoms with van der Waals surface area (Å²) >= 11 is 0. The van der Waals surface area contributed by atoms with Crippen LogP contribution in [0, 0.1) is 0 Å².